The van der Waals surface area contributed by atoms with Gasteiger partial charge in [0.25, 0.3) is 0 Å². The first-order chi connectivity index (χ1) is 11.1. The Bertz CT molecular complexity index is 827. The van der Waals surface area contributed by atoms with Crippen LogP contribution in [0.15, 0.2) is 39.5 Å². The lowest BCUT2D eigenvalue weighted by molar-refractivity contribution is 0.229. The van der Waals surface area contributed by atoms with Crippen molar-refractivity contribution in [3.05, 3.63) is 53.8 Å². The van der Waals surface area contributed by atoms with E-state index in [4.69, 9.17) is 14.7 Å². The molecule has 2 heterocycles. The second kappa shape index (κ2) is 6.33. The summed E-state index contributed by atoms with van der Waals surface area (Å²) >= 11 is 0. The molecule has 126 valence electrons. The quantitative estimate of drug-likeness (QED) is 0.776. The van der Waals surface area contributed by atoms with Gasteiger partial charge in [0.2, 0.25) is 11.8 Å². The topological polar surface area (TPSA) is 91.0 Å². The van der Waals surface area contributed by atoms with Crippen LogP contribution in [0.1, 0.15) is 36.7 Å². The zero-order valence-electron chi connectivity index (χ0n) is 12.7. The molecule has 8 heteroatoms. The van der Waals surface area contributed by atoms with E-state index in [1.165, 1.54) is 18.4 Å². The molecule has 1 aliphatic carbocycles. The zero-order chi connectivity index (χ0) is 15.9. The van der Waals surface area contributed by atoms with Gasteiger partial charge in [-0.15, -0.1) is 12.4 Å². The maximum absolute atomic E-state index is 12.9. The van der Waals surface area contributed by atoms with Gasteiger partial charge in [0.1, 0.15) is 12.1 Å². The fourth-order valence-electron chi connectivity index (χ4n) is 2.58. The highest BCUT2D eigenvalue weighted by Crippen LogP contribution is 2.36. The summed E-state index contributed by atoms with van der Waals surface area (Å²) in [6.45, 7) is 0. The fraction of sp³-hybridized carbons (Fsp3) is 0.312. The van der Waals surface area contributed by atoms with Crippen molar-refractivity contribution in [1.82, 2.24) is 15.1 Å². The predicted octanol–water partition coefficient (Wildman–Crippen LogP) is 3.21. The van der Waals surface area contributed by atoms with E-state index < -0.39 is 5.54 Å². The summed E-state index contributed by atoms with van der Waals surface area (Å²) < 4.78 is 23.6. The maximum Gasteiger partial charge on any atom is 0.232 e. The van der Waals surface area contributed by atoms with E-state index >= 15 is 0 Å². The van der Waals surface area contributed by atoms with Gasteiger partial charge in [0.05, 0.1) is 17.7 Å². The molecule has 6 nitrogen and oxygen atoms in total. The molecule has 0 amide bonds. The molecular weight excluding hydrogens is 335 g/mol. The zero-order valence-corrected chi connectivity index (χ0v) is 13.6. The average molecular weight is 351 g/mol. The molecule has 0 atom stereocenters. The molecular formula is C16H16ClFN4O2. The van der Waals surface area contributed by atoms with Gasteiger partial charge in [-0.25, -0.2) is 9.37 Å². The van der Waals surface area contributed by atoms with Crippen LogP contribution in [0.4, 0.5) is 4.39 Å². The van der Waals surface area contributed by atoms with Crippen LogP contribution < -0.4 is 5.73 Å². The fourth-order valence-corrected chi connectivity index (χ4v) is 2.58. The number of halogens is 2. The van der Waals surface area contributed by atoms with Gasteiger partial charge in [-0.1, -0.05) is 5.16 Å². The highest BCUT2D eigenvalue weighted by atomic mass is 35.5. The van der Waals surface area contributed by atoms with Crippen molar-refractivity contribution in [1.29, 1.82) is 0 Å². The summed E-state index contributed by atoms with van der Waals surface area (Å²) in [4.78, 5) is 8.72. The Kier molecular flexibility index (Phi) is 4.38. The van der Waals surface area contributed by atoms with Gasteiger partial charge in [-0.2, -0.15) is 4.98 Å². The van der Waals surface area contributed by atoms with Crippen LogP contribution in [-0.2, 0) is 12.0 Å². The number of aromatic nitrogens is 3. The van der Waals surface area contributed by atoms with E-state index in [1.807, 2.05) is 0 Å². The van der Waals surface area contributed by atoms with Crippen molar-refractivity contribution in [2.24, 2.45) is 5.73 Å². The third-order valence-corrected chi connectivity index (χ3v) is 4.13. The summed E-state index contributed by atoms with van der Waals surface area (Å²) in [5.41, 5.74) is 7.11. The molecule has 0 aliphatic heterocycles. The number of hydrogen-bond donors (Lipinski definition) is 1. The molecule has 2 aromatic heterocycles. The van der Waals surface area contributed by atoms with E-state index in [-0.39, 0.29) is 18.2 Å². The Morgan fingerprint density at radius 3 is 2.58 bits per heavy atom. The van der Waals surface area contributed by atoms with Crippen molar-refractivity contribution in [2.45, 2.75) is 31.2 Å². The lowest BCUT2D eigenvalue weighted by atomic mass is 9.77. The van der Waals surface area contributed by atoms with Gasteiger partial charge in [0, 0.05) is 5.56 Å². The third kappa shape index (κ3) is 3.05. The standard InChI is InChI=1S/C16H15FN4O2.ClH/c17-11-4-2-10(3-5-11)14-19-12(9-22-14)8-13-20-15(21-23-13)16(18)6-1-7-16;/h2-5,9H,1,6-8,18H2;1H. The largest absolute Gasteiger partial charge is 0.444 e. The molecule has 0 unspecified atom stereocenters. The Balaban J connectivity index is 0.00000169. The van der Waals surface area contributed by atoms with Crippen molar-refractivity contribution in [3.8, 4) is 11.5 Å². The number of nitrogens with zero attached hydrogens (tertiary/aromatic N) is 3. The predicted molar refractivity (Wildman–Crippen MR) is 86.0 cm³/mol. The second-order valence-corrected chi connectivity index (χ2v) is 5.85. The first-order valence-electron chi connectivity index (χ1n) is 7.45. The highest BCUT2D eigenvalue weighted by molar-refractivity contribution is 5.85. The van der Waals surface area contributed by atoms with Crippen LogP contribution in [0, 0.1) is 5.82 Å². The number of hydrogen-bond acceptors (Lipinski definition) is 6. The van der Waals surface area contributed by atoms with Crippen molar-refractivity contribution in [2.75, 3.05) is 0 Å². The van der Waals surface area contributed by atoms with Gasteiger partial charge in [0.15, 0.2) is 5.82 Å². The summed E-state index contributed by atoms with van der Waals surface area (Å²) in [6, 6.07) is 5.96. The SMILES string of the molecule is Cl.NC1(c2noc(Cc3coc(-c4ccc(F)cc4)n3)n2)CCC1. The average Bonchev–Trinajstić information content (AvgIpc) is 3.16. The van der Waals surface area contributed by atoms with Crippen LogP contribution in [0.3, 0.4) is 0 Å². The Morgan fingerprint density at radius 2 is 1.92 bits per heavy atom. The summed E-state index contributed by atoms with van der Waals surface area (Å²) in [5, 5.41) is 3.97. The number of benzene rings is 1. The Morgan fingerprint density at radius 1 is 1.17 bits per heavy atom. The van der Waals surface area contributed by atoms with E-state index in [0.717, 1.165) is 19.3 Å². The minimum absolute atomic E-state index is 0. The number of nitrogens with two attached hydrogens (primary N) is 1. The first-order valence-corrected chi connectivity index (χ1v) is 7.45. The Labute approximate surface area is 143 Å². The summed E-state index contributed by atoms with van der Waals surface area (Å²) in [5.74, 6) is 1.14. The van der Waals surface area contributed by atoms with Crippen LogP contribution in [0.2, 0.25) is 0 Å². The normalized spacial score (nSPS) is 15.6. The van der Waals surface area contributed by atoms with Crippen molar-refractivity contribution >= 4 is 12.4 Å². The molecule has 0 radical (unpaired) electrons. The van der Waals surface area contributed by atoms with E-state index in [1.54, 1.807) is 12.1 Å². The molecule has 4 rings (SSSR count). The minimum Gasteiger partial charge on any atom is -0.444 e. The molecule has 3 aromatic rings. The third-order valence-electron chi connectivity index (χ3n) is 4.13. The highest BCUT2D eigenvalue weighted by Gasteiger charge is 2.39. The van der Waals surface area contributed by atoms with E-state index in [2.05, 4.69) is 15.1 Å². The number of oxazole rings is 1. The molecule has 0 saturated heterocycles. The second-order valence-electron chi connectivity index (χ2n) is 5.85. The molecule has 24 heavy (non-hydrogen) atoms. The lowest BCUT2D eigenvalue weighted by Gasteiger charge is -2.34. The van der Waals surface area contributed by atoms with Crippen LogP contribution in [0.5, 0.6) is 0 Å². The Hall–Kier alpha value is -2.25. The molecule has 0 spiro atoms. The molecule has 1 aliphatic rings. The van der Waals surface area contributed by atoms with Crippen LogP contribution in [-0.4, -0.2) is 15.1 Å². The first kappa shape index (κ1) is 16.6. The number of rotatable bonds is 4. The molecule has 1 saturated carbocycles. The molecule has 2 N–H and O–H groups in total. The van der Waals surface area contributed by atoms with Crippen LogP contribution >= 0.6 is 12.4 Å². The summed E-state index contributed by atoms with van der Waals surface area (Å²) in [6.07, 6.45) is 4.75. The van der Waals surface area contributed by atoms with Crippen molar-refractivity contribution in [3.63, 3.8) is 0 Å². The smallest absolute Gasteiger partial charge is 0.232 e. The monoisotopic (exact) mass is 350 g/mol. The van der Waals surface area contributed by atoms with E-state index in [0.29, 0.717) is 35.3 Å². The maximum atomic E-state index is 12.9. The van der Waals surface area contributed by atoms with Gasteiger partial charge in [-0.05, 0) is 43.5 Å². The van der Waals surface area contributed by atoms with Gasteiger partial charge in [-0.3, -0.25) is 0 Å². The van der Waals surface area contributed by atoms with Crippen molar-refractivity contribution < 1.29 is 13.3 Å². The molecule has 1 aromatic carbocycles. The van der Waals surface area contributed by atoms with E-state index in [9.17, 15) is 4.39 Å². The van der Waals surface area contributed by atoms with Crippen LogP contribution in [0.25, 0.3) is 11.5 Å². The summed E-state index contributed by atoms with van der Waals surface area (Å²) in [7, 11) is 0. The molecule has 1 fully saturated rings. The lowest BCUT2D eigenvalue weighted by Crippen LogP contribution is -2.44. The van der Waals surface area contributed by atoms with Gasteiger partial charge < -0.3 is 14.7 Å². The molecule has 0 bridgehead atoms. The van der Waals surface area contributed by atoms with Gasteiger partial charge >= 0.3 is 0 Å². The minimum atomic E-state index is -0.440.